The molecule has 0 spiro atoms. The van der Waals surface area contributed by atoms with Crippen LogP contribution in [-0.2, 0) is 17.9 Å². The van der Waals surface area contributed by atoms with Crippen molar-refractivity contribution in [3.63, 3.8) is 0 Å². The molecular weight excluding hydrogens is 292 g/mol. The number of ether oxygens (including phenoxy) is 1. The van der Waals surface area contributed by atoms with Crippen LogP contribution in [0.3, 0.4) is 0 Å². The van der Waals surface area contributed by atoms with E-state index >= 15 is 0 Å². The molecule has 5 heteroatoms. The van der Waals surface area contributed by atoms with Gasteiger partial charge in [0.05, 0.1) is 12.2 Å². The average Bonchev–Trinajstić information content (AvgIpc) is 2.99. The maximum absolute atomic E-state index is 11.9. The van der Waals surface area contributed by atoms with Gasteiger partial charge in [-0.15, -0.1) is 0 Å². The molecular formula is C18H28N2O3. The van der Waals surface area contributed by atoms with Gasteiger partial charge in [0, 0.05) is 19.7 Å². The van der Waals surface area contributed by atoms with Crippen LogP contribution in [0.1, 0.15) is 50.2 Å². The van der Waals surface area contributed by atoms with E-state index in [-0.39, 0.29) is 6.03 Å². The fourth-order valence-electron chi connectivity index (χ4n) is 2.89. The largest absolute Gasteiger partial charge is 0.388 e. The van der Waals surface area contributed by atoms with Gasteiger partial charge in [-0.1, -0.05) is 44.0 Å². The predicted octanol–water partition coefficient (Wildman–Crippen LogP) is 2.72. The average molecular weight is 320 g/mol. The Kier molecular flexibility index (Phi) is 6.86. The van der Waals surface area contributed by atoms with Crippen molar-refractivity contribution in [2.24, 2.45) is 0 Å². The smallest absolute Gasteiger partial charge is 0.315 e. The van der Waals surface area contributed by atoms with Crippen LogP contribution in [0.25, 0.3) is 0 Å². The number of amides is 2. The monoisotopic (exact) mass is 320 g/mol. The molecule has 1 fully saturated rings. The van der Waals surface area contributed by atoms with Crippen molar-refractivity contribution >= 4 is 6.03 Å². The molecule has 0 heterocycles. The van der Waals surface area contributed by atoms with Gasteiger partial charge in [0.25, 0.3) is 0 Å². The molecule has 0 saturated heterocycles. The minimum atomic E-state index is -0.719. The minimum absolute atomic E-state index is 0.241. The first-order valence-corrected chi connectivity index (χ1v) is 8.51. The van der Waals surface area contributed by atoms with Crippen molar-refractivity contribution in [2.45, 2.75) is 57.8 Å². The summed E-state index contributed by atoms with van der Waals surface area (Å²) < 4.78 is 5.58. The number of nitrogens with one attached hydrogen (secondary N) is 2. The molecule has 0 atom stereocenters. The van der Waals surface area contributed by atoms with E-state index in [4.69, 9.17) is 4.74 Å². The van der Waals surface area contributed by atoms with Gasteiger partial charge in [0.1, 0.15) is 0 Å². The fraction of sp³-hybridized carbons (Fsp3) is 0.611. The van der Waals surface area contributed by atoms with Crippen LogP contribution in [0.4, 0.5) is 4.79 Å². The minimum Gasteiger partial charge on any atom is -0.388 e. The van der Waals surface area contributed by atoms with E-state index in [9.17, 15) is 9.90 Å². The topological polar surface area (TPSA) is 70.6 Å². The summed E-state index contributed by atoms with van der Waals surface area (Å²) >= 11 is 0. The summed E-state index contributed by atoms with van der Waals surface area (Å²) in [6.07, 6.45) is 4.59. The normalized spacial score (nSPS) is 16.3. The van der Waals surface area contributed by atoms with E-state index in [2.05, 4.69) is 17.6 Å². The molecule has 128 valence electrons. The molecule has 1 aromatic rings. The van der Waals surface area contributed by atoms with E-state index < -0.39 is 5.60 Å². The van der Waals surface area contributed by atoms with E-state index in [0.717, 1.165) is 49.8 Å². The first-order chi connectivity index (χ1) is 11.1. The Morgan fingerprint density at radius 1 is 1.22 bits per heavy atom. The molecule has 1 aliphatic carbocycles. The number of benzene rings is 1. The maximum Gasteiger partial charge on any atom is 0.315 e. The van der Waals surface area contributed by atoms with Gasteiger partial charge in [-0.05, 0) is 30.4 Å². The van der Waals surface area contributed by atoms with Crippen molar-refractivity contribution in [1.29, 1.82) is 0 Å². The lowest BCUT2D eigenvalue weighted by Crippen LogP contribution is -2.44. The number of hydrogen-bond acceptors (Lipinski definition) is 3. The lowest BCUT2D eigenvalue weighted by atomic mass is 10.0. The van der Waals surface area contributed by atoms with Crippen LogP contribution in [0.15, 0.2) is 24.3 Å². The van der Waals surface area contributed by atoms with Gasteiger partial charge >= 0.3 is 6.03 Å². The fourth-order valence-corrected chi connectivity index (χ4v) is 2.89. The third-order valence-electron chi connectivity index (χ3n) is 4.28. The maximum atomic E-state index is 11.9. The van der Waals surface area contributed by atoms with Crippen LogP contribution in [0.2, 0.25) is 0 Å². The van der Waals surface area contributed by atoms with Crippen LogP contribution in [0.5, 0.6) is 0 Å². The molecule has 0 bridgehead atoms. The Labute approximate surface area is 138 Å². The molecule has 1 aliphatic rings. The Hall–Kier alpha value is -1.59. The van der Waals surface area contributed by atoms with E-state index in [1.54, 1.807) is 0 Å². The standard InChI is InChI=1S/C18H28N2O3/c1-2-11-23-13-16-8-4-3-7-15(16)12-19-17(21)20-14-18(22)9-5-6-10-18/h3-4,7-8,22H,2,5-6,9-14H2,1H3,(H2,19,20,21). The molecule has 0 radical (unpaired) electrons. The van der Waals surface area contributed by atoms with Crippen LogP contribution >= 0.6 is 0 Å². The van der Waals surface area contributed by atoms with Crippen molar-refractivity contribution in [3.05, 3.63) is 35.4 Å². The van der Waals surface area contributed by atoms with E-state index in [0.29, 0.717) is 19.7 Å². The van der Waals surface area contributed by atoms with Gasteiger partial charge in [-0.3, -0.25) is 0 Å². The van der Waals surface area contributed by atoms with Crippen LogP contribution in [-0.4, -0.2) is 29.9 Å². The quantitative estimate of drug-likeness (QED) is 0.645. The van der Waals surface area contributed by atoms with Crippen molar-refractivity contribution in [2.75, 3.05) is 13.2 Å². The Morgan fingerprint density at radius 2 is 1.91 bits per heavy atom. The van der Waals surface area contributed by atoms with Crippen molar-refractivity contribution in [3.8, 4) is 0 Å². The zero-order valence-corrected chi connectivity index (χ0v) is 13.9. The molecule has 1 saturated carbocycles. The molecule has 0 aliphatic heterocycles. The highest BCUT2D eigenvalue weighted by atomic mass is 16.5. The van der Waals surface area contributed by atoms with Crippen LogP contribution in [0, 0.1) is 0 Å². The number of carbonyl (C=O) groups is 1. The highest BCUT2D eigenvalue weighted by Gasteiger charge is 2.31. The highest BCUT2D eigenvalue weighted by molar-refractivity contribution is 5.73. The molecule has 3 N–H and O–H groups in total. The van der Waals surface area contributed by atoms with E-state index in [1.165, 1.54) is 0 Å². The lowest BCUT2D eigenvalue weighted by Gasteiger charge is -2.22. The molecule has 0 aromatic heterocycles. The SMILES string of the molecule is CCCOCc1ccccc1CNC(=O)NCC1(O)CCCC1. The summed E-state index contributed by atoms with van der Waals surface area (Å²) in [5, 5.41) is 15.9. The van der Waals surface area contributed by atoms with Crippen LogP contribution < -0.4 is 10.6 Å². The second-order valence-electron chi connectivity index (χ2n) is 6.29. The summed E-state index contributed by atoms with van der Waals surface area (Å²) in [6.45, 7) is 4.15. The number of rotatable bonds is 8. The first-order valence-electron chi connectivity index (χ1n) is 8.51. The zero-order chi connectivity index (χ0) is 16.5. The number of aliphatic hydroxyl groups is 1. The molecule has 5 nitrogen and oxygen atoms in total. The zero-order valence-electron chi connectivity index (χ0n) is 13.9. The van der Waals surface area contributed by atoms with Gasteiger partial charge in [0.15, 0.2) is 0 Å². The Balaban J connectivity index is 1.77. The van der Waals surface area contributed by atoms with Crippen molar-refractivity contribution < 1.29 is 14.6 Å². The number of urea groups is 1. The molecule has 2 amide bonds. The van der Waals surface area contributed by atoms with Gasteiger partial charge < -0.3 is 20.5 Å². The number of hydrogen-bond donors (Lipinski definition) is 3. The summed E-state index contributed by atoms with van der Waals surface area (Å²) in [5.74, 6) is 0. The molecule has 2 rings (SSSR count). The molecule has 1 aromatic carbocycles. The summed E-state index contributed by atoms with van der Waals surface area (Å²) in [6, 6.07) is 7.71. The lowest BCUT2D eigenvalue weighted by molar-refractivity contribution is 0.0501. The number of carbonyl (C=O) groups excluding carboxylic acids is 1. The summed E-state index contributed by atoms with van der Waals surface area (Å²) in [7, 11) is 0. The third-order valence-corrected chi connectivity index (χ3v) is 4.28. The van der Waals surface area contributed by atoms with Gasteiger partial charge in [-0.25, -0.2) is 4.79 Å². The van der Waals surface area contributed by atoms with Gasteiger partial charge in [0.2, 0.25) is 0 Å². The van der Waals surface area contributed by atoms with E-state index in [1.807, 2.05) is 24.3 Å². The predicted molar refractivity (Wildman–Crippen MR) is 90.0 cm³/mol. The Bertz CT molecular complexity index is 499. The second-order valence-corrected chi connectivity index (χ2v) is 6.29. The third kappa shape index (κ3) is 5.84. The molecule has 0 unspecified atom stereocenters. The molecule has 23 heavy (non-hydrogen) atoms. The second kappa shape index (κ2) is 8.89. The summed E-state index contributed by atoms with van der Waals surface area (Å²) in [5.41, 5.74) is 1.43. The van der Waals surface area contributed by atoms with Crippen molar-refractivity contribution in [1.82, 2.24) is 10.6 Å². The Morgan fingerprint density at radius 3 is 2.61 bits per heavy atom. The van der Waals surface area contributed by atoms with Gasteiger partial charge in [-0.2, -0.15) is 0 Å². The highest BCUT2D eigenvalue weighted by Crippen LogP contribution is 2.28. The first kappa shape index (κ1) is 17.8. The summed E-state index contributed by atoms with van der Waals surface area (Å²) in [4.78, 5) is 11.9.